The van der Waals surface area contributed by atoms with Crippen LogP contribution in [0.4, 0.5) is 5.95 Å². The van der Waals surface area contributed by atoms with Crippen molar-refractivity contribution < 1.29 is 4.74 Å². The van der Waals surface area contributed by atoms with Gasteiger partial charge in [-0.15, -0.1) is 0 Å². The molecule has 0 spiro atoms. The van der Waals surface area contributed by atoms with E-state index in [0.717, 1.165) is 22.3 Å². The van der Waals surface area contributed by atoms with Crippen molar-refractivity contribution in [2.24, 2.45) is 0 Å². The lowest BCUT2D eigenvalue weighted by Crippen LogP contribution is -2.00. The second-order valence-electron chi connectivity index (χ2n) is 5.26. The summed E-state index contributed by atoms with van der Waals surface area (Å²) in [5, 5.41) is 0.694. The monoisotopic (exact) mass is 340 g/mol. The van der Waals surface area contributed by atoms with Crippen LogP contribution in [0.1, 0.15) is 18.1 Å². The minimum Gasteiger partial charge on any atom is -0.478 e. The standard InChI is InChI=1S/C18H17ClN4O/c1-2-24-17-16(14-3-5-15(19)6-4-14)8-12(9-21-17)7-13-10-22-18(20)23-11-13/h3-6,8-11H,2,7H2,1H3,(H2,20,22,23). The Labute approximate surface area is 145 Å². The molecule has 122 valence electrons. The predicted octanol–water partition coefficient (Wildman–Crippen LogP) is 3.76. The van der Waals surface area contributed by atoms with Gasteiger partial charge in [-0.3, -0.25) is 0 Å². The summed E-state index contributed by atoms with van der Waals surface area (Å²) in [7, 11) is 0. The van der Waals surface area contributed by atoms with Gasteiger partial charge in [0.05, 0.1) is 6.61 Å². The van der Waals surface area contributed by atoms with E-state index in [9.17, 15) is 0 Å². The van der Waals surface area contributed by atoms with Gasteiger partial charge in [0, 0.05) is 35.6 Å². The Morgan fingerprint density at radius 3 is 2.33 bits per heavy atom. The Hall–Kier alpha value is -2.66. The van der Waals surface area contributed by atoms with E-state index < -0.39 is 0 Å². The third-order valence-corrected chi connectivity index (χ3v) is 3.73. The van der Waals surface area contributed by atoms with Gasteiger partial charge in [-0.1, -0.05) is 23.7 Å². The van der Waals surface area contributed by atoms with Crippen LogP contribution in [-0.2, 0) is 6.42 Å². The molecule has 3 aromatic rings. The van der Waals surface area contributed by atoms with Crippen molar-refractivity contribution in [1.82, 2.24) is 15.0 Å². The van der Waals surface area contributed by atoms with E-state index in [1.54, 1.807) is 18.6 Å². The van der Waals surface area contributed by atoms with Crippen LogP contribution in [0.2, 0.25) is 5.02 Å². The summed E-state index contributed by atoms with van der Waals surface area (Å²) >= 11 is 5.98. The normalized spacial score (nSPS) is 10.6. The van der Waals surface area contributed by atoms with Gasteiger partial charge in [0.25, 0.3) is 0 Å². The molecule has 3 rings (SSSR count). The lowest BCUT2D eigenvalue weighted by Gasteiger charge is -2.11. The van der Waals surface area contributed by atoms with Crippen molar-refractivity contribution in [1.29, 1.82) is 0 Å². The Morgan fingerprint density at radius 2 is 1.67 bits per heavy atom. The first-order chi connectivity index (χ1) is 11.7. The number of nitrogen functional groups attached to an aromatic ring is 1. The molecule has 0 atom stereocenters. The number of nitrogens with zero attached hydrogens (tertiary/aromatic N) is 3. The molecule has 0 saturated heterocycles. The third-order valence-electron chi connectivity index (χ3n) is 3.48. The van der Waals surface area contributed by atoms with Gasteiger partial charge in [-0.2, -0.15) is 0 Å². The van der Waals surface area contributed by atoms with Crippen molar-refractivity contribution in [3.63, 3.8) is 0 Å². The number of ether oxygens (including phenoxy) is 1. The van der Waals surface area contributed by atoms with E-state index in [1.807, 2.05) is 31.2 Å². The Morgan fingerprint density at radius 1 is 1.00 bits per heavy atom. The molecule has 0 fully saturated rings. The maximum Gasteiger partial charge on any atom is 0.221 e. The van der Waals surface area contributed by atoms with Crippen LogP contribution in [0.3, 0.4) is 0 Å². The van der Waals surface area contributed by atoms with E-state index in [4.69, 9.17) is 22.1 Å². The van der Waals surface area contributed by atoms with Gasteiger partial charge in [-0.25, -0.2) is 15.0 Å². The summed E-state index contributed by atoms with van der Waals surface area (Å²) in [6, 6.07) is 9.69. The van der Waals surface area contributed by atoms with Crippen molar-refractivity contribution >= 4 is 17.5 Å². The van der Waals surface area contributed by atoms with Crippen LogP contribution >= 0.6 is 11.6 Å². The lowest BCUT2D eigenvalue weighted by molar-refractivity contribution is 0.328. The largest absolute Gasteiger partial charge is 0.478 e. The summed E-state index contributed by atoms with van der Waals surface area (Å²) in [6.45, 7) is 2.49. The summed E-state index contributed by atoms with van der Waals surface area (Å²) in [6.07, 6.45) is 5.92. The Balaban J connectivity index is 1.95. The van der Waals surface area contributed by atoms with E-state index in [2.05, 4.69) is 21.0 Å². The van der Waals surface area contributed by atoms with Crippen LogP contribution in [0.25, 0.3) is 11.1 Å². The zero-order chi connectivity index (χ0) is 16.9. The number of nitrogens with two attached hydrogens (primary N) is 1. The maximum absolute atomic E-state index is 5.98. The van der Waals surface area contributed by atoms with Gasteiger partial charge in [0.15, 0.2) is 0 Å². The molecule has 24 heavy (non-hydrogen) atoms. The Bertz CT molecular complexity index is 819. The number of hydrogen-bond acceptors (Lipinski definition) is 5. The van der Waals surface area contributed by atoms with Crippen LogP contribution in [0.5, 0.6) is 5.88 Å². The summed E-state index contributed by atoms with van der Waals surface area (Å²) in [4.78, 5) is 12.5. The summed E-state index contributed by atoms with van der Waals surface area (Å²) in [5.74, 6) is 0.877. The second kappa shape index (κ2) is 7.27. The van der Waals surface area contributed by atoms with Crippen molar-refractivity contribution in [2.75, 3.05) is 12.3 Å². The van der Waals surface area contributed by atoms with E-state index >= 15 is 0 Å². The smallest absolute Gasteiger partial charge is 0.221 e. The fourth-order valence-corrected chi connectivity index (χ4v) is 2.50. The lowest BCUT2D eigenvalue weighted by atomic mass is 10.0. The molecule has 0 radical (unpaired) electrons. The minimum atomic E-state index is 0.269. The predicted molar refractivity (Wildman–Crippen MR) is 95.1 cm³/mol. The molecular weight excluding hydrogens is 324 g/mol. The third kappa shape index (κ3) is 3.81. The SMILES string of the molecule is CCOc1ncc(Cc2cnc(N)nc2)cc1-c1ccc(Cl)cc1. The average molecular weight is 341 g/mol. The van der Waals surface area contributed by atoms with Crippen LogP contribution in [0.15, 0.2) is 48.9 Å². The molecule has 0 amide bonds. The van der Waals surface area contributed by atoms with Crippen molar-refractivity contribution in [3.8, 4) is 17.0 Å². The number of rotatable bonds is 5. The number of pyridine rings is 1. The molecule has 2 N–H and O–H groups in total. The molecule has 2 aromatic heterocycles. The summed E-state index contributed by atoms with van der Waals surface area (Å²) in [5.41, 5.74) is 9.47. The van der Waals surface area contributed by atoms with Gasteiger partial charge in [0.1, 0.15) is 0 Å². The molecule has 0 saturated carbocycles. The van der Waals surface area contributed by atoms with E-state index in [-0.39, 0.29) is 5.95 Å². The second-order valence-corrected chi connectivity index (χ2v) is 5.70. The molecule has 1 aromatic carbocycles. The zero-order valence-corrected chi connectivity index (χ0v) is 14.0. The number of aromatic nitrogens is 3. The van der Waals surface area contributed by atoms with Crippen molar-refractivity contribution in [3.05, 3.63) is 65.1 Å². The maximum atomic E-state index is 5.98. The number of halogens is 1. The first kappa shape index (κ1) is 16.2. The minimum absolute atomic E-state index is 0.269. The topological polar surface area (TPSA) is 73.9 Å². The molecule has 0 aliphatic rings. The van der Waals surface area contributed by atoms with Gasteiger partial charge in [-0.05, 0) is 41.8 Å². The quantitative estimate of drug-likeness (QED) is 0.765. The molecule has 0 aliphatic carbocycles. The number of benzene rings is 1. The molecular formula is C18H17ClN4O. The van der Waals surface area contributed by atoms with Crippen molar-refractivity contribution in [2.45, 2.75) is 13.3 Å². The highest BCUT2D eigenvalue weighted by Crippen LogP contribution is 2.30. The fourth-order valence-electron chi connectivity index (χ4n) is 2.37. The van der Waals surface area contributed by atoms with Gasteiger partial charge < -0.3 is 10.5 Å². The number of hydrogen-bond donors (Lipinski definition) is 1. The highest BCUT2D eigenvalue weighted by molar-refractivity contribution is 6.30. The average Bonchev–Trinajstić information content (AvgIpc) is 2.59. The highest BCUT2D eigenvalue weighted by Gasteiger charge is 2.10. The first-order valence-electron chi connectivity index (χ1n) is 7.59. The molecule has 6 heteroatoms. The molecule has 2 heterocycles. The van der Waals surface area contributed by atoms with Crippen LogP contribution in [-0.4, -0.2) is 21.6 Å². The molecule has 5 nitrogen and oxygen atoms in total. The van der Waals surface area contributed by atoms with E-state index in [1.165, 1.54) is 0 Å². The molecule has 0 aliphatic heterocycles. The Kier molecular flexibility index (Phi) is 4.91. The molecule has 0 bridgehead atoms. The summed E-state index contributed by atoms with van der Waals surface area (Å²) < 4.78 is 5.66. The van der Waals surface area contributed by atoms with Crippen LogP contribution < -0.4 is 10.5 Å². The van der Waals surface area contributed by atoms with E-state index in [0.29, 0.717) is 23.9 Å². The van der Waals surface area contributed by atoms with Gasteiger partial charge in [0.2, 0.25) is 11.8 Å². The highest BCUT2D eigenvalue weighted by atomic mass is 35.5. The zero-order valence-electron chi connectivity index (χ0n) is 13.2. The van der Waals surface area contributed by atoms with Gasteiger partial charge >= 0.3 is 0 Å². The number of anilines is 1. The van der Waals surface area contributed by atoms with Crippen LogP contribution in [0, 0.1) is 0 Å². The molecule has 0 unspecified atom stereocenters. The fraction of sp³-hybridized carbons (Fsp3) is 0.167. The first-order valence-corrected chi connectivity index (χ1v) is 7.97.